The van der Waals surface area contributed by atoms with Crippen LogP contribution in [-0.4, -0.2) is 51.9 Å². The van der Waals surface area contributed by atoms with Gasteiger partial charge in [-0.1, -0.05) is 65.1 Å². The van der Waals surface area contributed by atoms with Crippen LogP contribution in [0.3, 0.4) is 0 Å². The Morgan fingerprint density at radius 3 is 2.21 bits per heavy atom. The molecule has 0 aromatic heterocycles. The van der Waals surface area contributed by atoms with Gasteiger partial charge in [0.1, 0.15) is 6.54 Å². The largest absolute Gasteiger partial charge is 0.368 e. The van der Waals surface area contributed by atoms with E-state index >= 15 is 0 Å². The molecule has 1 amide bonds. The summed E-state index contributed by atoms with van der Waals surface area (Å²) < 4.78 is 28.1. The average Bonchev–Trinajstić information content (AvgIpc) is 2.85. The van der Waals surface area contributed by atoms with E-state index in [4.69, 9.17) is 34.8 Å². The minimum absolute atomic E-state index is 0.0598. The van der Waals surface area contributed by atoms with E-state index in [1.807, 2.05) is 24.3 Å². The third-order valence-electron chi connectivity index (χ3n) is 5.62. The lowest BCUT2D eigenvalue weighted by molar-refractivity contribution is -0.129. The summed E-state index contributed by atoms with van der Waals surface area (Å²) in [5, 5.41) is 0.924. The number of piperazine rings is 1. The van der Waals surface area contributed by atoms with Crippen molar-refractivity contribution < 1.29 is 13.2 Å². The standard InChI is InChI=1S/C24H22Cl3N3O3S/c25-18-6-4-7-19(16-18)28-12-14-29(15-13-28)23(31)17-30(22-11-5-10-21(26)24(22)27)34(32,33)20-8-2-1-3-9-20/h1-11,16H,12-15,17H2. The highest BCUT2D eigenvalue weighted by Crippen LogP contribution is 2.35. The highest BCUT2D eigenvalue weighted by atomic mass is 35.5. The summed E-state index contributed by atoms with van der Waals surface area (Å²) in [6, 6.07) is 20.2. The van der Waals surface area contributed by atoms with Crippen LogP contribution in [0.15, 0.2) is 77.7 Å². The molecule has 1 saturated heterocycles. The van der Waals surface area contributed by atoms with Gasteiger partial charge in [0.25, 0.3) is 10.0 Å². The molecule has 0 saturated carbocycles. The van der Waals surface area contributed by atoms with Gasteiger partial charge in [-0.05, 0) is 42.5 Å². The molecule has 3 aromatic rings. The summed E-state index contributed by atoms with van der Waals surface area (Å²) in [7, 11) is -4.07. The van der Waals surface area contributed by atoms with Gasteiger partial charge in [0.2, 0.25) is 5.91 Å². The number of hydrogen-bond donors (Lipinski definition) is 0. The molecule has 6 nitrogen and oxygen atoms in total. The second kappa shape index (κ2) is 10.4. The highest BCUT2D eigenvalue weighted by Gasteiger charge is 2.31. The van der Waals surface area contributed by atoms with Gasteiger partial charge in [-0.2, -0.15) is 0 Å². The summed E-state index contributed by atoms with van der Waals surface area (Å²) in [6.45, 7) is 1.72. The molecular weight excluding hydrogens is 517 g/mol. The zero-order valence-electron chi connectivity index (χ0n) is 18.1. The number of hydrogen-bond acceptors (Lipinski definition) is 4. The van der Waals surface area contributed by atoms with Crippen LogP contribution in [0.5, 0.6) is 0 Å². The van der Waals surface area contributed by atoms with Crippen molar-refractivity contribution in [2.75, 3.05) is 41.9 Å². The summed E-state index contributed by atoms with van der Waals surface area (Å²) in [6.07, 6.45) is 0. The van der Waals surface area contributed by atoms with Crippen LogP contribution < -0.4 is 9.21 Å². The quantitative estimate of drug-likeness (QED) is 0.433. The second-order valence-electron chi connectivity index (χ2n) is 7.75. The number of carbonyl (C=O) groups is 1. The van der Waals surface area contributed by atoms with Crippen LogP contribution in [0.1, 0.15) is 0 Å². The molecule has 0 N–H and O–H groups in total. The lowest BCUT2D eigenvalue weighted by Crippen LogP contribution is -2.52. The van der Waals surface area contributed by atoms with Gasteiger partial charge in [0, 0.05) is 36.9 Å². The van der Waals surface area contributed by atoms with E-state index in [9.17, 15) is 13.2 Å². The van der Waals surface area contributed by atoms with Crippen molar-refractivity contribution in [1.29, 1.82) is 0 Å². The first kappa shape index (κ1) is 24.7. The molecular formula is C24H22Cl3N3O3S. The third-order valence-corrected chi connectivity index (χ3v) is 8.43. The molecule has 0 bridgehead atoms. The zero-order valence-corrected chi connectivity index (χ0v) is 21.2. The maximum absolute atomic E-state index is 13.5. The number of halogens is 3. The van der Waals surface area contributed by atoms with Crippen molar-refractivity contribution in [3.8, 4) is 0 Å². The molecule has 178 valence electrons. The van der Waals surface area contributed by atoms with Crippen molar-refractivity contribution in [3.05, 3.63) is 87.9 Å². The van der Waals surface area contributed by atoms with E-state index < -0.39 is 16.6 Å². The Hall–Kier alpha value is -2.45. The topological polar surface area (TPSA) is 60.9 Å². The molecule has 10 heteroatoms. The number of anilines is 2. The first-order valence-corrected chi connectivity index (χ1v) is 13.1. The SMILES string of the molecule is O=C(CN(c1cccc(Cl)c1Cl)S(=O)(=O)c1ccccc1)N1CCN(c2cccc(Cl)c2)CC1. The van der Waals surface area contributed by atoms with Crippen LogP contribution in [-0.2, 0) is 14.8 Å². The Kier molecular flexibility index (Phi) is 7.57. The molecule has 0 atom stereocenters. The Labute approximate surface area is 214 Å². The fraction of sp³-hybridized carbons (Fsp3) is 0.208. The van der Waals surface area contributed by atoms with Gasteiger partial charge in [0.15, 0.2) is 0 Å². The number of sulfonamides is 1. The number of amides is 1. The monoisotopic (exact) mass is 537 g/mol. The fourth-order valence-electron chi connectivity index (χ4n) is 3.81. The molecule has 0 aliphatic carbocycles. The third kappa shape index (κ3) is 5.28. The molecule has 1 heterocycles. The van der Waals surface area contributed by atoms with Gasteiger partial charge in [-0.15, -0.1) is 0 Å². The molecule has 0 spiro atoms. The van der Waals surface area contributed by atoms with Crippen molar-refractivity contribution in [3.63, 3.8) is 0 Å². The van der Waals surface area contributed by atoms with E-state index in [1.165, 1.54) is 12.1 Å². The van der Waals surface area contributed by atoms with E-state index in [-0.39, 0.29) is 26.5 Å². The molecule has 4 rings (SSSR count). The zero-order chi connectivity index (χ0) is 24.3. The summed E-state index contributed by atoms with van der Waals surface area (Å²) in [5.41, 5.74) is 1.14. The van der Waals surface area contributed by atoms with Crippen molar-refractivity contribution in [2.24, 2.45) is 0 Å². The van der Waals surface area contributed by atoms with Crippen molar-refractivity contribution >= 4 is 62.1 Å². The Bertz CT molecular complexity index is 1280. The number of rotatable bonds is 6. The molecule has 1 aliphatic rings. The average molecular weight is 539 g/mol. The predicted octanol–water partition coefficient (Wildman–Crippen LogP) is 5.19. The van der Waals surface area contributed by atoms with Crippen LogP contribution in [0.4, 0.5) is 11.4 Å². The van der Waals surface area contributed by atoms with Crippen LogP contribution in [0.2, 0.25) is 15.1 Å². The van der Waals surface area contributed by atoms with E-state index in [1.54, 1.807) is 41.3 Å². The second-order valence-corrected chi connectivity index (χ2v) is 10.8. The van der Waals surface area contributed by atoms with Crippen LogP contribution >= 0.6 is 34.8 Å². The Morgan fingerprint density at radius 1 is 0.853 bits per heavy atom. The lowest BCUT2D eigenvalue weighted by Gasteiger charge is -2.37. The summed E-state index contributed by atoms with van der Waals surface area (Å²) >= 11 is 18.6. The smallest absolute Gasteiger partial charge is 0.264 e. The molecule has 0 radical (unpaired) electrons. The van der Waals surface area contributed by atoms with Crippen LogP contribution in [0.25, 0.3) is 0 Å². The van der Waals surface area contributed by atoms with E-state index in [0.29, 0.717) is 31.2 Å². The first-order chi connectivity index (χ1) is 16.3. The summed E-state index contributed by atoms with van der Waals surface area (Å²) in [5.74, 6) is -0.318. The minimum atomic E-state index is -4.07. The Balaban J connectivity index is 1.56. The van der Waals surface area contributed by atoms with E-state index in [2.05, 4.69) is 4.90 Å². The van der Waals surface area contributed by atoms with Gasteiger partial charge >= 0.3 is 0 Å². The Morgan fingerprint density at radius 2 is 1.53 bits per heavy atom. The predicted molar refractivity (Wildman–Crippen MR) is 138 cm³/mol. The molecule has 3 aromatic carbocycles. The maximum Gasteiger partial charge on any atom is 0.264 e. The lowest BCUT2D eigenvalue weighted by atomic mass is 10.2. The maximum atomic E-state index is 13.5. The fourth-order valence-corrected chi connectivity index (χ4v) is 5.89. The minimum Gasteiger partial charge on any atom is -0.368 e. The van der Waals surface area contributed by atoms with E-state index in [0.717, 1.165) is 9.99 Å². The first-order valence-electron chi connectivity index (χ1n) is 10.6. The van der Waals surface area contributed by atoms with Gasteiger partial charge in [-0.25, -0.2) is 8.42 Å². The summed E-state index contributed by atoms with van der Waals surface area (Å²) in [4.78, 5) is 17.1. The number of nitrogens with zero attached hydrogens (tertiary/aromatic N) is 3. The molecule has 1 fully saturated rings. The number of carbonyl (C=O) groups excluding carboxylic acids is 1. The van der Waals surface area contributed by atoms with Crippen LogP contribution in [0, 0.1) is 0 Å². The molecule has 0 unspecified atom stereocenters. The van der Waals surface area contributed by atoms with Crippen molar-refractivity contribution in [2.45, 2.75) is 4.90 Å². The van der Waals surface area contributed by atoms with Gasteiger partial charge in [-0.3, -0.25) is 9.10 Å². The van der Waals surface area contributed by atoms with Crippen molar-refractivity contribution in [1.82, 2.24) is 4.90 Å². The molecule has 34 heavy (non-hydrogen) atoms. The van der Waals surface area contributed by atoms with Gasteiger partial charge in [0.05, 0.1) is 20.6 Å². The molecule has 1 aliphatic heterocycles. The number of benzene rings is 3. The van der Waals surface area contributed by atoms with Gasteiger partial charge < -0.3 is 9.80 Å². The highest BCUT2D eigenvalue weighted by molar-refractivity contribution is 7.92. The normalized spacial score (nSPS) is 14.2.